The first-order valence-corrected chi connectivity index (χ1v) is 7.28. The van der Waals surface area contributed by atoms with Crippen LogP contribution in [0.5, 0.6) is 0 Å². The molecular weight excluding hydrogens is 242 g/mol. The van der Waals surface area contributed by atoms with E-state index in [1.54, 1.807) is 0 Å². The number of rotatable bonds is 6. The number of piperidine rings is 1. The highest BCUT2D eigenvalue weighted by atomic mass is 16.2. The van der Waals surface area contributed by atoms with Gasteiger partial charge in [0.15, 0.2) is 0 Å². The lowest BCUT2D eigenvalue weighted by atomic mass is 10.00. The van der Waals surface area contributed by atoms with Crippen LogP contribution in [-0.2, 0) is 9.59 Å². The Labute approximate surface area is 115 Å². The van der Waals surface area contributed by atoms with E-state index in [0.717, 1.165) is 32.2 Å². The summed E-state index contributed by atoms with van der Waals surface area (Å²) in [5, 5.41) is 2.90. The molecule has 0 radical (unpaired) electrons. The molecule has 5 heteroatoms. The number of carbonyl (C=O) groups is 2. The Balaban J connectivity index is 2.33. The van der Waals surface area contributed by atoms with Gasteiger partial charge in [-0.2, -0.15) is 0 Å². The Bertz CT molecular complexity index is 307. The highest BCUT2D eigenvalue weighted by molar-refractivity contribution is 5.77. The largest absolute Gasteiger partial charge is 0.352 e. The van der Waals surface area contributed by atoms with Gasteiger partial charge in [0.05, 0.1) is 0 Å². The molecule has 0 saturated carbocycles. The van der Waals surface area contributed by atoms with Crippen LogP contribution in [0.25, 0.3) is 0 Å². The molecule has 3 N–H and O–H groups in total. The highest BCUT2D eigenvalue weighted by Crippen LogP contribution is 2.15. The van der Waals surface area contributed by atoms with Gasteiger partial charge in [0, 0.05) is 32.5 Å². The van der Waals surface area contributed by atoms with Gasteiger partial charge in [-0.25, -0.2) is 0 Å². The second-order valence-electron chi connectivity index (χ2n) is 5.60. The van der Waals surface area contributed by atoms with E-state index >= 15 is 0 Å². The molecule has 1 fully saturated rings. The average molecular weight is 269 g/mol. The second-order valence-corrected chi connectivity index (χ2v) is 5.60. The van der Waals surface area contributed by atoms with Crippen LogP contribution in [0, 0.1) is 5.92 Å². The van der Waals surface area contributed by atoms with E-state index in [1.807, 2.05) is 4.90 Å². The molecule has 2 unspecified atom stereocenters. The fourth-order valence-electron chi connectivity index (χ4n) is 2.57. The van der Waals surface area contributed by atoms with Crippen molar-refractivity contribution in [1.29, 1.82) is 0 Å². The molecule has 1 aliphatic rings. The van der Waals surface area contributed by atoms with Gasteiger partial charge < -0.3 is 16.0 Å². The topological polar surface area (TPSA) is 75.4 Å². The van der Waals surface area contributed by atoms with Crippen molar-refractivity contribution in [2.45, 2.75) is 52.0 Å². The minimum absolute atomic E-state index is 0.0177. The van der Waals surface area contributed by atoms with Gasteiger partial charge in [-0.15, -0.1) is 0 Å². The lowest BCUT2D eigenvalue weighted by Gasteiger charge is -2.33. The number of nitrogens with two attached hydrogens (primary N) is 1. The molecule has 1 heterocycles. The molecule has 0 spiro atoms. The fraction of sp³-hybridized carbons (Fsp3) is 0.857. The maximum atomic E-state index is 12.1. The van der Waals surface area contributed by atoms with Crippen LogP contribution in [-0.4, -0.2) is 42.4 Å². The number of hydrogen-bond acceptors (Lipinski definition) is 3. The number of amides is 2. The maximum absolute atomic E-state index is 12.1. The molecule has 5 nitrogen and oxygen atoms in total. The summed E-state index contributed by atoms with van der Waals surface area (Å²) in [5.74, 6) is 0.694. The molecule has 110 valence electrons. The van der Waals surface area contributed by atoms with Crippen molar-refractivity contribution in [1.82, 2.24) is 10.2 Å². The Kier molecular flexibility index (Phi) is 6.84. The van der Waals surface area contributed by atoms with Gasteiger partial charge in [0.2, 0.25) is 11.8 Å². The number of nitrogens with one attached hydrogen (secondary N) is 1. The van der Waals surface area contributed by atoms with E-state index in [9.17, 15) is 9.59 Å². The molecule has 0 aromatic carbocycles. The van der Waals surface area contributed by atoms with E-state index in [0.29, 0.717) is 25.4 Å². The van der Waals surface area contributed by atoms with E-state index < -0.39 is 0 Å². The fourth-order valence-corrected chi connectivity index (χ4v) is 2.57. The van der Waals surface area contributed by atoms with Crippen molar-refractivity contribution in [3.63, 3.8) is 0 Å². The quantitative estimate of drug-likeness (QED) is 0.751. The van der Waals surface area contributed by atoms with Crippen LogP contribution >= 0.6 is 0 Å². The zero-order valence-corrected chi connectivity index (χ0v) is 12.2. The lowest BCUT2D eigenvalue weighted by Crippen LogP contribution is -2.49. The number of hydrogen-bond donors (Lipinski definition) is 2. The summed E-state index contributed by atoms with van der Waals surface area (Å²) in [5.41, 5.74) is 5.51. The molecule has 19 heavy (non-hydrogen) atoms. The highest BCUT2D eigenvalue weighted by Gasteiger charge is 2.23. The van der Waals surface area contributed by atoms with Crippen molar-refractivity contribution < 1.29 is 9.59 Å². The van der Waals surface area contributed by atoms with Crippen LogP contribution in [0.1, 0.15) is 46.0 Å². The third kappa shape index (κ3) is 6.05. The minimum atomic E-state index is -0.0177. The SMILES string of the molecule is CC(=O)NC1CCCN(C(=O)CCC(C)CCN)C1. The molecule has 1 saturated heterocycles. The first-order chi connectivity index (χ1) is 9.02. The minimum Gasteiger partial charge on any atom is -0.352 e. The van der Waals surface area contributed by atoms with Crippen LogP contribution in [0.2, 0.25) is 0 Å². The van der Waals surface area contributed by atoms with Crippen LogP contribution < -0.4 is 11.1 Å². The van der Waals surface area contributed by atoms with Crippen molar-refractivity contribution >= 4 is 11.8 Å². The molecule has 0 bridgehead atoms. The molecular formula is C14H27N3O2. The Morgan fingerprint density at radius 1 is 1.42 bits per heavy atom. The smallest absolute Gasteiger partial charge is 0.222 e. The summed E-state index contributed by atoms with van der Waals surface area (Å²) in [6.45, 7) is 5.82. The van der Waals surface area contributed by atoms with E-state index in [4.69, 9.17) is 5.73 Å². The van der Waals surface area contributed by atoms with Crippen molar-refractivity contribution in [2.24, 2.45) is 11.7 Å². The summed E-state index contributed by atoms with van der Waals surface area (Å²) in [6, 6.07) is 0.122. The zero-order valence-electron chi connectivity index (χ0n) is 12.2. The van der Waals surface area contributed by atoms with Crippen LogP contribution in [0.4, 0.5) is 0 Å². The summed E-state index contributed by atoms with van der Waals surface area (Å²) in [4.78, 5) is 25.1. The third-order valence-electron chi connectivity index (χ3n) is 3.69. The van der Waals surface area contributed by atoms with Gasteiger partial charge in [-0.1, -0.05) is 6.92 Å². The zero-order chi connectivity index (χ0) is 14.3. The van der Waals surface area contributed by atoms with Crippen molar-refractivity contribution in [3.8, 4) is 0 Å². The molecule has 1 aliphatic heterocycles. The number of likely N-dealkylation sites (tertiary alicyclic amines) is 1. The van der Waals surface area contributed by atoms with Gasteiger partial charge in [0.25, 0.3) is 0 Å². The number of carbonyl (C=O) groups excluding carboxylic acids is 2. The Morgan fingerprint density at radius 3 is 2.79 bits per heavy atom. The van der Waals surface area contributed by atoms with Gasteiger partial charge in [-0.3, -0.25) is 9.59 Å². The summed E-state index contributed by atoms with van der Waals surface area (Å²) in [7, 11) is 0. The van der Waals surface area contributed by atoms with Gasteiger partial charge in [0.1, 0.15) is 0 Å². The first kappa shape index (κ1) is 16.0. The van der Waals surface area contributed by atoms with Gasteiger partial charge >= 0.3 is 0 Å². The molecule has 2 amide bonds. The van der Waals surface area contributed by atoms with Crippen LogP contribution in [0.15, 0.2) is 0 Å². The summed E-state index contributed by atoms with van der Waals surface area (Å²) in [6.07, 6.45) is 4.40. The normalized spacial score (nSPS) is 21.0. The average Bonchev–Trinajstić information content (AvgIpc) is 2.36. The monoisotopic (exact) mass is 269 g/mol. The number of nitrogens with zero attached hydrogens (tertiary/aromatic N) is 1. The van der Waals surface area contributed by atoms with Crippen molar-refractivity contribution in [2.75, 3.05) is 19.6 Å². The Morgan fingerprint density at radius 2 is 2.16 bits per heavy atom. The molecule has 1 rings (SSSR count). The molecule has 2 atom stereocenters. The third-order valence-corrected chi connectivity index (χ3v) is 3.69. The predicted molar refractivity (Wildman–Crippen MR) is 75.5 cm³/mol. The van der Waals surface area contributed by atoms with E-state index in [2.05, 4.69) is 12.2 Å². The maximum Gasteiger partial charge on any atom is 0.222 e. The Hall–Kier alpha value is -1.10. The predicted octanol–water partition coefficient (Wildman–Crippen LogP) is 0.879. The van der Waals surface area contributed by atoms with Crippen LogP contribution in [0.3, 0.4) is 0 Å². The molecule has 0 aromatic rings. The standard InChI is InChI=1S/C14H27N3O2/c1-11(7-8-15)5-6-14(19)17-9-3-4-13(10-17)16-12(2)18/h11,13H,3-10,15H2,1-2H3,(H,16,18). The summed E-state index contributed by atoms with van der Waals surface area (Å²) < 4.78 is 0. The van der Waals surface area contributed by atoms with E-state index in [1.165, 1.54) is 6.92 Å². The van der Waals surface area contributed by atoms with Gasteiger partial charge in [-0.05, 0) is 38.1 Å². The molecule has 0 aliphatic carbocycles. The second kappa shape index (κ2) is 8.15. The first-order valence-electron chi connectivity index (χ1n) is 7.28. The van der Waals surface area contributed by atoms with E-state index in [-0.39, 0.29) is 17.9 Å². The lowest BCUT2D eigenvalue weighted by molar-refractivity contribution is -0.133. The van der Waals surface area contributed by atoms with Crippen molar-refractivity contribution in [3.05, 3.63) is 0 Å². The summed E-state index contributed by atoms with van der Waals surface area (Å²) >= 11 is 0. The molecule has 0 aromatic heterocycles.